The maximum absolute atomic E-state index is 12.7. The number of hydrogen-bond acceptors (Lipinski definition) is 7. The van der Waals surface area contributed by atoms with Crippen LogP contribution in [-0.4, -0.2) is 50.9 Å². The Morgan fingerprint density at radius 1 is 1.15 bits per heavy atom. The van der Waals surface area contributed by atoms with E-state index in [1.807, 2.05) is 13.8 Å². The van der Waals surface area contributed by atoms with Crippen molar-refractivity contribution in [3.05, 3.63) is 57.0 Å². The maximum atomic E-state index is 12.7. The number of carbonyl (C=O) groups excluding carboxylic acids is 3. The van der Waals surface area contributed by atoms with Crippen molar-refractivity contribution in [2.45, 2.75) is 19.9 Å². The number of methoxy groups -OCH3 is 2. The molecular formula is C23H25BrClN3O6. The van der Waals surface area contributed by atoms with E-state index in [2.05, 4.69) is 36.5 Å². The maximum Gasteiger partial charge on any atom is 0.343 e. The van der Waals surface area contributed by atoms with Crippen molar-refractivity contribution in [1.82, 2.24) is 10.7 Å². The minimum Gasteiger partial charge on any atom is -0.493 e. The third kappa shape index (κ3) is 7.74. The monoisotopic (exact) mass is 553 g/mol. The SMILES string of the molecule is COC(=O)COc1c(Br)cc(C=NNC(=O)C(NC(=O)c2ccc(Cl)cc2)C(C)C)cc1OC. The molecule has 0 aliphatic rings. The van der Waals surface area contributed by atoms with Gasteiger partial charge in [-0.25, -0.2) is 10.2 Å². The summed E-state index contributed by atoms with van der Waals surface area (Å²) in [6.07, 6.45) is 1.41. The predicted molar refractivity (Wildman–Crippen MR) is 131 cm³/mol. The standard InChI is InChI=1S/C23H25BrClN3O6/c1-13(2)20(27-22(30)15-5-7-16(25)8-6-15)23(31)28-26-11-14-9-17(24)21(18(10-14)32-3)34-12-19(29)33-4/h5-11,13,20H,12H2,1-4H3,(H,27,30)(H,28,31). The summed E-state index contributed by atoms with van der Waals surface area (Å²) in [5.41, 5.74) is 3.41. The second-order valence-electron chi connectivity index (χ2n) is 7.34. The summed E-state index contributed by atoms with van der Waals surface area (Å²) in [7, 11) is 2.71. The highest BCUT2D eigenvalue weighted by atomic mass is 79.9. The quantitative estimate of drug-likeness (QED) is 0.264. The van der Waals surface area contributed by atoms with E-state index in [1.165, 1.54) is 20.4 Å². The highest BCUT2D eigenvalue weighted by Gasteiger charge is 2.24. The van der Waals surface area contributed by atoms with Crippen LogP contribution >= 0.6 is 27.5 Å². The number of rotatable bonds is 10. The topological polar surface area (TPSA) is 115 Å². The van der Waals surface area contributed by atoms with E-state index in [4.69, 9.17) is 21.1 Å². The molecule has 0 radical (unpaired) electrons. The van der Waals surface area contributed by atoms with Crippen LogP contribution in [0.5, 0.6) is 11.5 Å². The molecule has 2 rings (SSSR count). The van der Waals surface area contributed by atoms with Crippen LogP contribution in [-0.2, 0) is 14.3 Å². The first-order valence-corrected chi connectivity index (χ1v) is 11.3. The lowest BCUT2D eigenvalue weighted by Crippen LogP contribution is -2.48. The van der Waals surface area contributed by atoms with Gasteiger partial charge in [0.25, 0.3) is 11.8 Å². The minimum absolute atomic E-state index is 0.188. The van der Waals surface area contributed by atoms with Crippen LogP contribution < -0.4 is 20.2 Å². The fourth-order valence-corrected chi connectivity index (χ4v) is 3.45. The Kier molecular flexibility index (Phi) is 10.3. The second kappa shape index (κ2) is 13.0. The lowest BCUT2D eigenvalue weighted by Gasteiger charge is -2.20. The first-order valence-electron chi connectivity index (χ1n) is 10.1. The van der Waals surface area contributed by atoms with Gasteiger partial charge in [-0.3, -0.25) is 9.59 Å². The van der Waals surface area contributed by atoms with Crippen molar-refractivity contribution in [2.75, 3.05) is 20.8 Å². The highest BCUT2D eigenvalue weighted by molar-refractivity contribution is 9.10. The minimum atomic E-state index is -0.810. The Bertz CT molecular complexity index is 1060. The molecule has 182 valence electrons. The van der Waals surface area contributed by atoms with Gasteiger partial charge >= 0.3 is 5.97 Å². The van der Waals surface area contributed by atoms with Gasteiger partial charge in [-0.15, -0.1) is 0 Å². The fraction of sp³-hybridized carbons (Fsp3) is 0.304. The molecule has 2 amide bonds. The van der Waals surface area contributed by atoms with E-state index >= 15 is 0 Å². The van der Waals surface area contributed by atoms with E-state index in [0.29, 0.717) is 32.1 Å². The van der Waals surface area contributed by atoms with Gasteiger partial charge in [-0.05, 0) is 63.8 Å². The number of hydrazone groups is 1. The van der Waals surface area contributed by atoms with Crippen LogP contribution in [0.15, 0.2) is 46.0 Å². The molecule has 0 fully saturated rings. The smallest absolute Gasteiger partial charge is 0.343 e. The first-order chi connectivity index (χ1) is 16.2. The molecule has 11 heteroatoms. The zero-order valence-electron chi connectivity index (χ0n) is 19.1. The summed E-state index contributed by atoms with van der Waals surface area (Å²) in [6.45, 7) is 3.34. The molecule has 1 unspecified atom stereocenters. The summed E-state index contributed by atoms with van der Waals surface area (Å²) in [4.78, 5) is 36.5. The van der Waals surface area contributed by atoms with Crippen molar-refractivity contribution in [2.24, 2.45) is 11.0 Å². The molecule has 0 aliphatic carbocycles. The summed E-state index contributed by atoms with van der Waals surface area (Å²) >= 11 is 9.22. The third-order valence-electron chi connectivity index (χ3n) is 4.54. The number of nitrogens with one attached hydrogen (secondary N) is 2. The summed E-state index contributed by atoms with van der Waals surface area (Å²) in [5.74, 6) is -0.930. The Hall–Kier alpha value is -3.11. The summed E-state index contributed by atoms with van der Waals surface area (Å²) in [5, 5.41) is 7.21. The number of amides is 2. The van der Waals surface area contributed by atoms with Crippen molar-refractivity contribution in [1.29, 1.82) is 0 Å². The Morgan fingerprint density at radius 3 is 2.41 bits per heavy atom. The van der Waals surface area contributed by atoms with Gasteiger partial charge in [-0.2, -0.15) is 5.10 Å². The number of benzene rings is 2. The molecule has 34 heavy (non-hydrogen) atoms. The van der Waals surface area contributed by atoms with E-state index in [0.717, 1.165) is 0 Å². The Labute approximate surface area is 210 Å². The average molecular weight is 555 g/mol. The molecule has 0 saturated carbocycles. The van der Waals surface area contributed by atoms with Crippen molar-refractivity contribution in [3.8, 4) is 11.5 Å². The highest BCUT2D eigenvalue weighted by Crippen LogP contribution is 2.36. The Morgan fingerprint density at radius 2 is 1.82 bits per heavy atom. The third-order valence-corrected chi connectivity index (χ3v) is 5.39. The fourth-order valence-electron chi connectivity index (χ4n) is 2.75. The van der Waals surface area contributed by atoms with Gasteiger partial charge in [-0.1, -0.05) is 25.4 Å². The Balaban J connectivity index is 2.07. The number of ether oxygens (including phenoxy) is 3. The van der Waals surface area contributed by atoms with Crippen LogP contribution in [0.1, 0.15) is 29.8 Å². The second-order valence-corrected chi connectivity index (χ2v) is 8.63. The van der Waals surface area contributed by atoms with Gasteiger partial charge in [0.05, 0.1) is 24.9 Å². The van der Waals surface area contributed by atoms with Crippen LogP contribution in [0.3, 0.4) is 0 Å². The number of esters is 1. The van der Waals surface area contributed by atoms with Crippen molar-refractivity contribution < 1.29 is 28.6 Å². The number of nitrogens with zero attached hydrogens (tertiary/aromatic N) is 1. The number of carbonyl (C=O) groups is 3. The van der Waals surface area contributed by atoms with Crippen molar-refractivity contribution >= 4 is 51.5 Å². The van der Waals surface area contributed by atoms with E-state index in [-0.39, 0.29) is 12.5 Å². The number of hydrogen-bond donors (Lipinski definition) is 2. The molecule has 0 aromatic heterocycles. The van der Waals surface area contributed by atoms with Gasteiger partial charge in [0.15, 0.2) is 18.1 Å². The molecule has 0 heterocycles. The van der Waals surface area contributed by atoms with Crippen LogP contribution in [0.25, 0.3) is 0 Å². The molecule has 0 aliphatic heterocycles. The van der Waals surface area contributed by atoms with E-state index < -0.39 is 23.8 Å². The van der Waals surface area contributed by atoms with Gasteiger partial charge < -0.3 is 19.5 Å². The molecule has 9 nitrogen and oxygen atoms in total. The normalized spacial score (nSPS) is 11.7. The largest absolute Gasteiger partial charge is 0.493 e. The zero-order chi connectivity index (χ0) is 25.3. The van der Waals surface area contributed by atoms with E-state index in [1.54, 1.807) is 36.4 Å². The molecule has 0 spiro atoms. The predicted octanol–water partition coefficient (Wildman–Crippen LogP) is 3.57. The van der Waals surface area contributed by atoms with E-state index in [9.17, 15) is 14.4 Å². The summed E-state index contributed by atoms with van der Waals surface area (Å²) < 4.78 is 15.8. The van der Waals surface area contributed by atoms with Crippen molar-refractivity contribution in [3.63, 3.8) is 0 Å². The van der Waals surface area contributed by atoms with Gasteiger partial charge in [0, 0.05) is 10.6 Å². The van der Waals surface area contributed by atoms with Crippen LogP contribution in [0.4, 0.5) is 0 Å². The molecule has 2 aromatic rings. The molecule has 1 atom stereocenters. The van der Waals surface area contributed by atoms with Crippen LogP contribution in [0.2, 0.25) is 5.02 Å². The zero-order valence-corrected chi connectivity index (χ0v) is 21.4. The molecule has 0 saturated heterocycles. The molecule has 2 aromatic carbocycles. The lowest BCUT2D eigenvalue weighted by atomic mass is 10.0. The lowest BCUT2D eigenvalue weighted by molar-refractivity contribution is -0.143. The van der Waals surface area contributed by atoms with Crippen LogP contribution in [0, 0.1) is 5.92 Å². The molecular weight excluding hydrogens is 530 g/mol. The molecule has 0 bridgehead atoms. The average Bonchev–Trinajstić information content (AvgIpc) is 2.81. The first kappa shape index (κ1) is 27.1. The number of halogens is 2. The summed E-state index contributed by atoms with van der Waals surface area (Å²) in [6, 6.07) is 8.84. The van der Waals surface area contributed by atoms with Gasteiger partial charge in [0.2, 0.25) is 0 Å². The van der Waals surface area contributed by atoms with Gasteiger partial charge in [0.1, 0.15) is 6.04 Å². The molecule has 2 N–H and O–H groups in total.